The maximum Gasteiger partial charge on any atom is 0.236 e. The number of unbranched alkanes of at least 4 members (excludes halogenated alkanes) is 15. The molecule has 0 heterocycles. The van der Waals surface area contributed by atoms with E-state index >= 15 is 0 Å². The fraction of sp³-hybridized carbons (Fsp3) is 0.976. The summed E-state index contributed by atoms with van der Waals surface area (Å²) in [5.41, 5.74) is 0. The highest BCUT2D eigenvalue weighted by Crippen LogP contribution is 2.61. The van der Waals surface area contributed by atoms with Gasteiger partial charge in [0.1, 0.15) is 0 Å². The maximum atomic E-state index is 13.7. The molecule has 0 N–H and O–H groups in total. The summed E-state index contributed by atoms with van der Waals surface area (Å²) in [7, 11) is -0.970. The third kappa shape index (κ3) is 26.8. The number of carbonyl (C=O) groups excluding carboxylic acids is 1. The van der Waals surface area contributed by atoms with Crippen LogP contribution in [0.3, 0.4) is 0 Å². The van der Waals surface area contributed by atoms with E-state index in [1.165, 1.54) is 135 Å². The molecule has 0 radical (unpaired) electrons. The average Bonchev–Trinajstić information content (AvgIpc) is 3.00. The molecule has 0 fully saturated rings. The summed E-state index contributed by atoms with van der Waals surface area (Å²) >= 11 is 0. The van der Waals surface area contributed by atoms with Crippen LogP contribution in [0.15, 0.2) is 0 Å². The van der Waals surface area contributed by atoms with E-state index in [1.807, 2.05) is 0 Å². The lowest BCUT2D eigenvalue weighted by molar-refractivity contribution is -0.133. The molecule has 0 bridgehead atoms. The van der Waals surface area contributed by atoms with Gasteiger partial charge in [0.2, 0.25) is 5.91 Å². The van der Waals surface area contributed by atoms with E-state index in [9.17, 15) is 4.79 Å². The van der Waals surface area contributed by atoms with Gasteiger partial charge in [-0.1, -0.05) is 139 Å². The Labute approximate surface area is 292 Å². The van der Waals surface area contributed by atoms with Gasteiger partial charge in [0, 0.05) is 26.9 Å². The number of hydrogen-bond donors (Lipinski definition) is 0. The van der Waals surface area contributed by atoms with Crippen molar-refractivity contribution < 1.29 is 4.79 Å². The van der Waals surface area contributed by atoms with Crippen molar-refractivity contribution in [2.24, 2.45) is 17.8 Å². The summed E-state index contributed by atoms with van der Waals surface area (Å²) < 4.78 is 0. The minimum atomic E-state index is -0.970. The van der Waals surface area contributed by atoms with Gasteiger partial charge < -0.3 is 4.90 Å². The van der Waals surface area contributed by atoms with Gasteiger partial charge in [-0.3, -0.25) is 9.69 Å². The molecular formula is C42H88N2OP+. The molecule has 46 heavy (non-hydrogen) atoms. The smallest absolute Gasteiger partial charge is 0.236 e. The Morgan fingerprint density at radius 2 is 0.848 bits per heavy atom. The second-order valence-electron chi connectivity index (χ2n) is 16.4. The van der Waals surface area contributed by atoms with E-state index in [4.69, 9.17) is 0 Å². The summed E-state index contributed by atoms with van der Waals surface area (Å²) in [4.78, 5) is 18.4. The van der Waals surface area contributed by atoms with Crippen LogP contribution in [0.4, 0.5) is 0 Å². The molecule has 0 aromatic carbocycles. The van der Waals surface area contributed by atoms with Gasteiger partial charge >= 0.3 is 0 Å². The molecule has 4 heteroatoms. The molecule has 0 aromatic heterocycles. The van der Waals surface area contributed by atoms with Gasteiger partial charge in [-0.15, -0.1) is 0 Å². The second-order valence-corrected chi connectivity index (χ2v) is 20.9. The zero-order chi connectivity index (χ0) is 34.5. The molecule has 0 aliphatic carbocycles. The lowest BCUT2D eigenvalue weighted by Gasteiger charge is -2.32. The van der Waals surface area contributed by atoms with E-state index in [0.29, 0.717) is 30.2 Å². The molecule has 0 saturated heterocycles. The lowest BCUT2D eigenvalue weighted by Crippen LogP contribution is -2.44. The summed E-state index contributed by atoms with van der Waals surface area (Å²) in [6.45, 7) is 25.2. The van der Waals surface area contributed by atoms with E-state index < -0.39 is 7.26 Å². The highest BCUT2D eigenvalue weighted by atomic mass is 31.2. The average molecular weight is 668 g/mol. The predicted octanol–water partition coefficient (Wildman–Crippen LogP) is 13.0. The minimum Gasteiger partial charge on any atom is -0.341 e. The number of nitrogens with zero attached hydrogens (tertiary/aromatic N) is 2. The van der Waals surface area contributed by atoms with Crippen LogP contribution in [-0.4, -0.2) is 73.1 Å². The van der Waals surface area contributed by atoms with Crippen LogP contribution in [0, 0.1) is 17.8 Å². The van der Waals surface area contributed by atoms with Gasteiger partial charge in [0.15, 0.2) is 0 Å². The SMILES string of the molecule is CCCCCCCC[P+](CCCCCCCC)(CCCCCCCC)CCCN(CCC(C)C)CC(=O)N(CC(C)C)CC(C)C. The zero-order valence-electron chi connectivity index (χ0n) is 33.5. The minimum absolute atomic E-state index is 0.360. The van der Waals surface area contributed by atoms with Crippen molar-refractivity contribution in [3.63, 3.8) is 0 Å². The summed E-state index contributed by atoms with van der Waals surface area (Å²) in [5, 5.41) is 0. The number of rotatable bonds is 34. The Balaban J connectivity index is 5.67. The van der Waals surface area contributed by atoms with Crippen LogP contribution in [0.1, 0.15) is 191 Å². The Hall–Kier alpha value is -0.140. The first-order valence-corrected chi connectivity index (χ1v) is 23.5. The lowest BCUT2D eigenvalue weighted by atomic mass is 10.1. The van der Waals surface area contributed by atoms with E-state index in [-0.39, 0.29) is 0 Å². The first-order valence-electron chi connectivity index (χ1n) is 20.9. The highest BCUT2D eigenvalue weighted by molar-refractivity contribution is 7.75. The maximum absolute atomic E-state index is 13.7. The van der Waals surface area contributed by atoms with E-state index in [0.717, 1.165) is 26.2 Å². The van der Waals surface area contributed by atoms with Crippen LogP contribution in [0.25, 0.3) is 0 Å². The molecule has 0 atom stereocenters. The molecule has 276 valence electrons. The van der Waals surface area contributed by atoms with Crippen molar-refractivity contribution in [1.82, 2.24) is 9.80 Å². The van der Waals surface area contributed by atoms with Crippen LogP contribution in [0.5, 0.6) is 0 Å². The molecule has 0 unspecified atom stereocenters. The van der Waals surface area contributed by atoms with Crippen molar-refractivity contribution in [3.8, 4) is 0 Å². The summed E-state index contributed by atoms with van der Waals surface area (Å²) in [6.07, 6.45) is 34.2. The highest BCUT2D eigenvalue weighted by Gasteiger charge is 2.35. The van der Waals surface area contributed by atoms with Gasteiger partial charge in [-0.05, 0) is 75.7 Å². The first kappa shape index (κ1) is 45.9. The Bertz CT molecular complexity index is 613. The predicted molar refractivity (Wildman–Crippen MR) is 213 cm³/mol. The molecule has 0 aromatic rings. The monoisotopic (exact) mass is 668 g/mol. The standard InChI is InChI=1S/C42H88N2OP/c1-10-13-16-19-22-25-32-46(33-26-23-20-17-14-11-2,34-27-24-21-18-15-12-3)35-28-30-43(31-29-39(4)5)38-42(45)44(36-40(6)7)37-41(8)9/h39-41H,10-38H2,1-9H3/q+1. The molecule has 0 spiro atoms. The Morgan fingerprint density at radius 1 is 0.478 bits per heavy atom. The zero-order valence-corrected chi connectivity index (χ0v) is 34.4. The fourth-order valence-electron chi connectivity index (χ4n) is 7.14. The molecule has 0 rings (SSSR count). The van der Waals surface area contributed by atoms with Gasteiger partial charge in [-0.25, -0.2) is 0 Å². The largest absolute Gasteiger partial charge is 0.341 e. The summed E-state index contributed by atoms with van der Waals surface area (Å²) in [5.74, 6) is 2.07. The Kier molecular flexibility index (Phi) is 30.8. The molecule has 0 aliphatic rings. The van der Waals surface area contributed by atoms with E-state index in [2.05, 4.69) is 72.1 Å². The van der Waals surface area contributed by atoms with Crippen LogP contribution < -0.4 is 0 Å². The van der Waals surface area contributed by atoms with Crippen molar-refractivity contribution >= 4 is 13.2 Å². The third-order valence-electron chi connectivity index (χ3n) is 9.97. The molecule has 3 nitrogen and oxygen atoms in total. The number of carbonyl (C=O) groups is 1. The molecule has 1 amide bonds. The number of amides is 1. The van der Waals surface area contributed by atoms with Crippen molar-refractivity contribution in [1.29, 1.82) is 0 Å². The van der Waals surface area contributed by atoms with Crippen LogP contribution in [0.2, 0.25) is 0 Å². The van der Waals surface area contributed by atoms with Gasteiger partial charge in [0.05, 0.1) is 31.2 Å². The second kappa shape index (κ2) is 30.9. The van der Waals surface area contributed by atoms with E-state index in [1.54, 1.807) is 18.5 Å². The first-order chi connectivity index (χ1) is 22.1. The van der Waals surface area contributed by atoms with Gasteiger partial charge in [0.25, 0.3) is 0 Å². The van der Waals surface area contributed by atoms with Crippen molar-refractivity contribution in [2.45, 2.75) is 191 Å². The van der Waals surface area contributed by atoms with Crippen molar-refractivity contribution in [2.75, 3.05) is 57.4 Å². The summed E-state index contributed by atoms with van der Waals surface area (Å²) in [6, 6.07) is 0. The molecule has 0 aliphatic heterocycles. The topological polar surface area (TPSA) is 23.6 Å². The third-order valence-corrected chi connectivity index (χ3v) is 15.0. The van der Waals surface area contributed by atoms with Gasteiger partial charge in [-0.2, -0.15) is 0 Å². The number of hydrogen-bond acceptors (Lipinski definition) is 2. The quantitative estimate of drug-likeness (QED) is 0.0504. The fourth-order valence-corrected chi connectivity index (χ4v) is 12.0. The van der Waals surface area contributed by atoms with Crippen LogP contribution in [-0.2, 0) is 4.79 Å². The molecular weight excluding hydrogens is 579 g/mol. The van der Waals surface area contributed by atoms with Crippen LogP contribution >= 0.6 is 7.26 Å². The Morgan fingerprint density at radius 3 is 1.22 bits per heavy atom. The normalized spacial score (nSPS) is 12.4. The molecule has 0 saturated carbocycles. The van der Waals surface area contributed by atoms with Crippen molar-refractivity contribution in [3.05, 3.63) is 0 Å².